The smallest absolute Gasteiger partial charge is 0.245 e. The summed E-state index contributed by atoms with van der Waals surface area (Å²) in [6, 6.07) is 6.86. The maximum absolute atomic E-state index is 14.4. The van der Waals surface area contributed by atoms with Crippen LogP contribution in [0.5, 0.6) is 0 Å². The lowest BCUT2D eigenvalue weighted by atomic mass is 9.89. The van der Waals surface area contributed by atoms with Gasteiger partial charge in [0.2, 0.25) is 29.5 Å². The van der Waals surface area contributed by atoms with Gasteiger partial charge in [0, 0.05) is 53.4 Å². The summed E-state index contributed by atoms with van der Waals surface area (Å²) in [4.78, 5) is 77.4. The Kier molecular flexibility index (Phi) is 22.2. The molecule has 1 heterocycles. The molecule has 1 saturated heterocycles. The average Bonchev–Trinajstić information content (AvgIpc) is 3.68. The second kappa shape index (κ2) is 25.4. The number of amides is 5. The first-order chi connectivity index (χ1) is 28.2. The van der Waals surface area contributed by atoms with E-state index in [0.29, 0.717) is 32.5 Å². The molecule has 0 spiro atoms. The molecule has 1 fully saturated rings. The molecule has 3 N–H and O–H groups in total. The highest BCUT2D eigenvalue weighted by molar-refractivity contribution is 5.91. The number of likely N-dealkylation sites (tertiary alicyclic amines) is 1. The van der Waals surface area contributed by atoms with Gasteiger partial charge in [-0.2, -0.15) is 0 Å². The highest BCUT2D eigenvalue weighted by Gasteiger charge is 2.43. The Balaban J connectivity index is 2.31. The SMILES string of the molecule is CCC(C)[C@@H](C(CC(=O)N1CCC[C@H]1C(OC)C(C)C(=O)NC(Cc1ccccc1)C(=O)NCCN(C)C)OC)N(C)C(=O)[C@@H](NC(=O)C(C(C)C)N(C)C(C)C)C(C)C. The number of nitrogens with zero attached hydrogens (tertiary/aromatic N) is 4. The molecule has 60 heavy (non-hydrogen) atoms. The Bertz CT molecular complexity index is 1490. The van der Waals surface area contributed by atoms with E-state index in [4.69, 9.17) is 9.47 Å². The fourth-order valence-electron chi connectivity index (χ4n) is 8.45. The zero-order valence-electron chi connectivity index (χ0n) is 39.6. The number of hydrogen-bond acceptors (Lipinski definition) is 9. The molecule has 0 aliphatic carbocycles. The molecule has 6 unspecified atom stereocenters. The Hall–Kier alpha value is -3.59. The molecule has 0 aromatic heterocycles. The summed E-state index contributed by atoms with van der Waals surface area (Å²) in [5.74, 6) is -2.06. The molecule has 2 rings (SSSR count). The van der Waals surface area contributed by atoms with Crippen molar-refractivity contribution in [3.63, 3.8) is 0 Å². The molecular formula is C46H81N7O7. The minimum absolute atomic E-state index is 0.0101. The van der Waals surface area contributed by atoms with Crippen molar-refractivity contribution in [3.05, 3.63) is 35.9 Å². The molecule has 14 nitrogen and oxygen atoms in total. The Morgan fingerprint density at radius 2 is 1.47 bits per heavy atom. The van der Waals surface area contributed by atoms with Crippen LogP contribution in [0, 0.1) is 23.7 Å². The van der Waals surface area contributed by atoms with Gasteiger partial charge in [-0.05, 0) is 71.1 Å². The van der Waals surface area contributed by atoms with E-state index < -0.39 is 42.3 Å². The summed E-state index contributed by atoms with van der Waals surface area (Å²) >= 11 is 0. The summed E-state index contributed by atoms with van der Waals surface area (Å²) in [5, 5.41) is 9.06. The van der Waals surface area contributed by atoms with Crippen LogP contribution in [0.4, 0.5) is 0 Å². The summed E-state index contributed by atoms with van der Waals surface area (Å²) in [6.45, 7) is 19.4. The third kappa shape index (κ3) is 14.8. The van der Waals surface area contributed by atoms with E-state index in [2.05, 4.69) is 16.0 Å². The van der Waals surface area contributed by atoms with Crippen LogP contribution in [0.1, 0.15) is 93.6 Å². The summed E-state index contributed by atoms with van der Waals surface area (Å²) in [7, 11) is 10.6. The Morgan fingerprint density at radius 3 is 1.98 bits per heavy atom. The molecule has 0 saturated carbocycles. The van der Waals surface area contributed by atoms with Crippen LogP contribution < -0.4 is 16.0 Å². The fraction of sp³-hybridized carbons (Fsp3) is 0.761. The Morgan fingerprint density at radius 1 is 0.833 bits per heavy atom. The normalized spacial score (nSPS) is 18.5. The van der Waals surface area contributed by atoms with Gasteiger partial charge in [0.25, 0.3) is 0 Å². The van der Waals surface area contributed by atoms with Crippen LogP contribution in [0.15, 0.2) is 30.3 Å². The summed E-state index contributed by atoms with van der Waals surface area (Å²) in [5.41, 5.74) is 0.920. The van der Waals surface area contributed by atoms with E-state index >= 15 is 0 Å². The van der Waals surface area contributed by atoms with Crippen molar-refractivity contribution in [1.82, 2.24) is 35.6 Å². The van der Waals surface area contributed by atoms with Gasteiger partial charge in [0.15, 0.2) is 0 Å². The van der Waals surface area contributed by atoms with Crippen molar-refractivity contribution in [3.8, 4) is 0 Å². The molecule has 1 aromatic rings. The van der Waals surface area contributed by atoms with Gasteiger partial charge in [0.1, 0.15) is 12.1 Å². The van der Waals surface area contributed by atoms with Crippen LogP contribution in [0.25, 0.3) is 0 Å². The standard InChI is InChI=1S/C46H81N7O7/c1-16-32(8)41(52(13)46(58)39(29(2)3)49-45(57)40(30(4)5)51(12)31(6)7)37(59-14)28-38(54)53-25-20-23-36(53)42(60-15)33(9)43(55)48-35(27-34-21-18-17-19-22-34)44(56)47-24-26-50(10)11/h17-19,21-22,29-33,35-37,39-42H,16,20,23-28H2,1-15H3,(H,47,56)(H,48,55)(H,49,57)/t32?,33?,35?,36-,37?,39-,40?,41-,42?/m0/s1. The summed E-state index contributed by atoms with van der Waals surface area (Å²) in [6.07, 6.45) is 1.16. The van der Waals surface area contributed by atoms with Gasteiger partial charge in [-0.3, -0.25) is 28.9 Å². The van der Waals surface area contributed by atoms with Gasteiger partial charge >= 0.3 is 0 Å². The number of benzene rings is 1. The van der Waals surface area contributed by atoms with Crippen molar-refractivity contribution in [1.29, 1.82) is 0 Å². The number of methoxy groups -OCH3 is 2. The number of nitrogens with one attached hydrogen (secondary N) is 3. The lowest BCUT2D eigenvalue weighted by molar-refractivity contribution is -0.148. The molecular weight excluding hydrogens is 763 g/mol. The first-order valence-electron chi connectivity index (χ1n) is 22.1. The molecule has 9 atom stereocenters. The molecule has 14 heteroatoms. The van der Waals surface area contributed by atoms with Crippen molar-refractivity contribution >= 4 is 29.5 Å². The van der Waals surface area contributed by atoms with Crippen LogP contribution in [-0.2, 0) is 39.9 Å². The van der Waals surface area contributed by atoms with Gasteiger partial charge < -0.3 is 40.1 Å². The van der Waals surface area contributed by atoms with Gasteiger partial charge in [-0.25, -0.2) is 0 Å². The maximum atomic E-state index is 14.4. The third-order valence-corrected chi connectivity index (χ3v) is 12.4. The molecule has 342 valence electrons. The summed E-state index contributed by atoms with van der Waals surface area (Å²) < 4.78 is 12.1. The second-order valence-corrected chi connectivity index (χ2v) is 18.1. The molecule has 1 aliphatic rings. The number of rotatable bonds is 25. The van der Waals surface area contributed by atoms with E-state index in [9.17, 15) is 24.0 Å². The molecule has 1 aliphatic heterocycles. The van der Waals surface area contributed by atoms with Crippen molar-refractivity contribution < 1.29 is 33.4 Å². The fourth-order valence-corrected chi connectivity index (χ4v) is 8.45. The van der Waals surface area contributed by atoms with Crippen LogP contribution in [-0.4, -0.2) is 160 Å². The van der Waals surface area contributed by atoms with E-state index in [0.717, 1.165) is 18.4 Å². The average molecular weight is 844 g/mol. The number of likely N-dealkylation sites (N-methyl/N-ethyl adjacent to an activating group) is 3. The molecule has 5 amide bonds. The van der Waals surface area contributed by atoms with Crippen LogP contribution >= 0.6 is 0 Å². The first-order valence-corrected chi connectivity index (χ1v) is 22.1. The zero-order chi connectivity index (χ0) is 45.4. The van der Waals surface area contributed by atoms with Crippen LogP contribution in [0.3, 0.4) is 0 Å². The number of carbonyl (C=O) groups excluding carboxylic acids is 5. The quantitative estimate of drug-likeness (QED) is 0.134. The van der Waals surface area contributed by atoms with Crippen molar-refractivity contribution in [2.75, 3.05) is 62.0 Å². The van der Waals surface area contributed by atoms with Gasteiger partial charge in [0.05, 0.1) is 42.7 Å². The topological polar surface area (TPSA) is 153 Å². The Labute approximate surface area is 362 Å². The minimum atomic E-state index is -0.801. The lowest BCUT2D eigenvalue weighted by Gasteiger charge is -2.41. The third-order valence-electron chi connectivity index (χ3n) is 12.4. The van der Waals surface area contributed by atoms with Crippen molar-refractivity contribution in [2.24, 2.45) is 23.7 Å². The maximum Gasteiger partial charge on any atom is 0.245 e. The van der Waals surface area contributed by atoms with E-state index in [1.165, 1.54) is 0 Å². The molecule has 0 bridgehead atoms. The predicted molar refractivity (Wildman–Crippen MR) is 238 cm³/mol. The number of carbonyl (C=O) groups is 5. The zero-order valence-corrected chi connectivity index (χ0v) is 39.6. The van der Waals surface area contributed by atoms with E-state index in [1.54, 1.807) is 38.0 Å². The minimum Gasteiger partial charge on any atom is -0.379 e. The van der Waals surface area contributed by atoms with Crippen LogP contribution in [0.2, 0.25) is 0 Å². The second-order valence-electron chi connectivity index (χ2n) is 18.1. The number of ether oxygens (including phenoxy) is 2. The highest BCUT2D eigenvalue weighted by Crippen LogP contribution is 2.30. The van der Waals surface area contributed by atoms with Gasteiger partial charge in [-0.15, -0.1) is 0 Å². The molecule has 0 radical (unpaired) electrons. The van der Waals surface area contributed by atoms with Gasteiger partial charge in [-0.1, -0.05) is 85.2 Å². The van der Waals surface area contributed by atoms with E-state index in [-0.39, 0.29) is 65.8 Å². The first kappa shape index (κ1) is 52.5. The largest absolute Gasteiger partial charge is 0.379 e. The van der Waals surface area contributed by atoms with Crippen molar-refractivity contribution in [2.45, 2.75) is 143 Å². The van der Waals surface area contributed by atoms with E-state index in [1.807, 2.05) is 117 Å². The predicted octanol–water partition coefficient (Wildman–Crippen LogP) is 3.82. The monoisotopic (exact) mass is 844 g/mol. The molecule has 1 aromatic carbocycles. The highest BCUT2D eigenvalue weighted by atomic mass is 16.5. The lowest BCUT2D eigenvalue weighted by Crippen LogP contribution is -2.60. The number of hydrogen-bond donors (Lipinski definition) is 3.